The molecule has 5 nitrogen and oxygen atoms in total. The van der Waals surface area contributed by atoms with Gasteiger partial charge in [0.2, 0.25) is 5.91 Å². The fraction of sp³-hybridized carbons (Fsp3) is 0.417. The van der Waals surface area contributed by atoms with E-state index in [1.807, 2.05) is 18.0 Å². The highest BCUT2D eigenvalue weighted by atomic mass is 79.9. The molecule has 0 aliphatic carbocycles. The van der Waals surface area contributed by atoms with E-state index in [2.05, 4.69) is 81.7 Å². The summed E-state index contributed by atoms with van der Waals surface area (Å²) in [5, 5.41) is 0. The molecular weight excluding hydrogens is 440 g/mol. The summed E-state index contributed by atoms with van der Waals surface area (Å²) >= 11 is 3.53. The maximum atomic E-state index is 12.9. The number of piperidine rings is 1. The van der Waals surface area contributed by atoms with E-state index in [-0.39, 0.29) is 17.9 Å². The molecule has 0 N–H and O–H groups in total. The first-order valence-corrected chi connectivity index (χ1v) is 11.4. The molecule has 1 aliphatic rings. The molecule has 1 aromatic heterocycles. The van der Waals surface area contributed by atoms with Gasteiger partial charge in [0.25, 0.3) is 0 Å². The predicted molar refractivity (Wildman–Crippen MR) is 125 cm³/mol. The molecule has 2 heterocycles. The monoisotopic (exact) mass is 468 g/mol. The molecule has 0 radical (unpaired) electrons. The molecule has 3 aromatic rings. The molecule has 0 unspecified atom stereocenters. The SMILES string of the molecule is CC(C)N(C)C(=O)[C@@H]1CCCN(Cc2nc3ccccc3n2-c2ccc(Br)cc2)C1. The Morgan fingerprint density at radius 2 is 1.93 bits per heavy atom. The van der Waals surface area contributed by atoms with Crippen molar-refractivity contribution in [2.75, 3.05) is 20.1 Å². The van der Waals surface area contributed by atoms with Gasteiger partial charge in [-0.2, -0.15) is 0 Å². The second-order valence-corrected chi connectivity index (χ2v) is 9.36. The van der Waals surface area contributed by atoms with Crippen molar-refractivity contribution in [2.45, 2.75) is 39.3 Å². The fourth-order valence-electron chi connectivity index (χ4n) is 4.20. The quantitative estimate of drug-likeness (QED) is 0.536. The van der Waals surface area contributed by atoms with Crippen LogP contribution < -0.4 is 0 Å². The first-order chi connectivity index (χ1) is 14.4. The molecule has 1 atom stereocenters. The third kappa shape index (κ3) is 4.30. The number of hydrogen-bond acceptors (Lipinski definition) is 3. The van der Waals surface area contributed by atoms with Gasteiger partial charge in [-0.3, -0.25) is 14.3 Å². The number of aromatic nitrogens is 2. The summed E-state index contributed by atoms with van der Waals surface area (Å²) in [5.41, 5.74) is 3.21. The molecule has 1 aliphatic heterocycles. The average Bonchev–Trinajstić information content (AvgIpc) is 3.11. The summed E-state index contributed by atoms with van der Waals surface area (Å²) in [6, 6.07) is 16.8. The van der Waals surface area contributed by atoms with Crippen LogP contribution in [0.15, 0.2) is 53.0 Å². The number of rotatable bonds is 5. The van der Waals surface area contributed by atoms with Crippen LogP contribution in [-0.2, 0) is 11.3 Å². The number of hydrogen-bond donors (Lipinski definition) is 0. The zero-order valence-corrected chi connectivity index (χ0v) is 19.5. The summed E-state index contributed by atoms with van der Waals surface area (Å²) in [4.78, 5) is 22.1. The van der Waals surface area contributed by atoms with Crippen LogP contribution in [0, 0.1) is 5.92 Å². The van der Waals surface area contributed by atoms with Crippen molar-refractivity contribution in [3.8, 4) is 5.69 Å². The third-order valence-electron chi connectivity index (χ3n) is 6.06. The van der Waals surface area contributed by atoms with E-state index in [1.165, 1.54) is 0 Å². The lowest BCUT2D eigenvalue weighted by atomic mass is 9.96. The summed E-state index contributed by atoms with van der Waals surface area (Å²) in [6.45, 7) is 6.66. The van der Waals surface area contributed by atoms with Gasteiger partial charge in [-0.05, 0) is 69.6 Å². The zero-order valence-electron chi connectivity index (χ0n) is 17.9. The summed E-state index contributed by atoms with van der Waals surface area (Å²) in [7, 11) is 1.92. The number of nitrogens with zero attached hydrogens (tertiary/aromatic N) is 4. The summed E-state index contributed by atoms with van der Waals surface area (Å²) in [5.74, 6) is 1.34. The van der Waals surface area contributed by atoms with Crippen molar-refractivity contribution >= 4 is 32.9 Å². The Balaban J connectivity index is 1.61. The van der Waals surface area contributed by atoms with Crippen molar-refractivity contribution in [2.24, 2.45) is 5.92 Å². The molecule has 30 heavy (non-hydrogen) atoms. The number of carbonyl (C=O) groups excluding carboxylic acids is 1. The first-order valence-electron chi connectivity index (χ1n) is 10.7. The molecule has 2 aromatic carbocycles. The number of amides is 1. The Hall–Kier alpha value is -2.18. The third-order valence-corrected chi connectivity index (χ3v) is 6.59. The van der Waals surface area contributed by atoms with E-state index in [4.69, 9.17) is 4.98 Å². The van der Waals surface area contributed by atoms with Crippen LogP contribution in [0.2, 0.25) is 0 Å². The van der Waals surface area contributed by atoms with Gasteiger partial charge in [-0.1, -0.05) is 28.1 Å². The molecule has 4 rings (SSSR count). The molecule has 158 valence electrons. The number of likely N-dealkylation sites (tertiary alicyclic amines) is 1. The smallest absolute Gasteiger partial charge is 0.226 e. The van der Waals surface area contributed by atoms with Crippen LogP contribution in [0.25, 0.3) is 16.7 Å². The topological polar surface area (TPSA) is 41.4 Å². The molecule has 1 amide bonds. The maximum Gasteiger partial charge on any atom is 0.226 e. The largest absolute Gasteiger partial charge is 0.343 e. The number of fused-ring (bicyclic) bond motifs is 1. The van der Waals surface area contributed by atoms with Crippen LogP contribution in [0.1, 0.15) is 32.5 Å². The average molecular weight is 469 g/mol. The molecule has 0 spiro atoms. The van der Waals surface area contributed by atoms with Gasteiger partial charge in [0, 0.05) is 29.8 Å². The number of para-hydroxylation sites is 2. The van der Waals surface area contributed by atoms with Gasteiger partial charge >= 0.3 is 0 Å². The van der Waals surface area contributed by atoms with Gasteiger partial charge in [-0.15, -0.1) is 0 Å². The summed E-state index contributed by atoms with van der Waals surface area (Å²) < 4.78 is 3.30. The van der Waals surface area contributed by atoms with E-state index >= 15 is 0 Å². The molecule has 1 fully saturated rings. The van der Waals surface area contributed by atoms with Crippen molar-refractivity contribution < 1.29 is 4.79 Å². The lowest BCUT2D eigenvalue weighted by molar-refractivity contribution is -0.137. The van der Waals surface area contributed by atoms with Crippen LogP contribution in [0.5, 0.6) is 0 Å². The van der Waals surface area contributed by atoms with Crippen LogP contribution >= 0.6 is 15.9 Å². The van der Waals surface area contributed by atoms with Crippen LogP contribution in [-0.4, -0.2) is 51.4 Å². The summed E-state index contributed by atoms with van der Waals surface area (Å²) in [6.07, 6.45) is 2.01. The van der Waals surface area contributed by atoms with Crippen molar-refractivity contribution in [1.82, 2.24) is 19.4 Å². The molecule has 0 saturated carbocycles. The van der Waals surface area contributed by atoms with Gasteiger partial charge in [-0.25, -0.2) is 4.98 Å². The highest BCUT2D eigenvalue weighted by Gasteiger charge is 2.29. The lowest BCUT2D eigenvalue weighted by Gasteiger charge is -2.34. The number of benzene rings is 2. The van der Waals surface area contributed by atoms with Gasteiger partial charge < -0.3 is 4.90 Å². The minimum absolute atomic E-state index is 0.0664. The Morgan fingerprint density at radius 3 is 2.67 bits per heavy atom. The second-order valence-electron chi connectivity index (χ2n) is 8.45. The Kier molecular flexibility index (Phi) is 6.25. The van der Waals surface area contributed by atoms with E-state index in [1.54, 1.807) is 0 Å². The molecule has 1 saturated heterocycles. The lowest BCUT2D eigenvalue weighted by Crippen LogP contribution is -2.45. The van der Waals surface area contributed by atoms with Gasteiger partial charge in [0.05, 0.1) is 23.5 Å². The minimum Gasteiger partial charge on any atom is -0.343 e. The van der Waals surface area contributed by atoms with E-state index in [9.17, 15) is 4.79 Å². The Labute approximate surface area is 186 Å². The number of halogens is 1. The standard InChI is InChI=1S/C24H29BrN4O/c1-17(2)27(3)24(30)18-7-6-14-28(15-18)16-23-26-21-8-4-5-9-22(21)29(23)20-12-10-19(25)11-13-20/h4-5,8-13,17-18H,6-7,14-16H2,1-3H3/t18-/m1/s1. The Morgan fingerprint density at radius 1 is 1.20 bits per heavy atom. The fourth-order valence-corrected chi connectivity index (χ4v) is 4.47. The number of carbonyl (C=O) groups is 1. The molecule has 6 heteroatoms. The van der Waals surface area contributed by atoms with E-state index < -0.39 is 0 Å². The minimum atomic E-state index is 0.0664. The second kappa shape index (κ2) is 8.90. The first kappa shape index (κ1) is 21.1. The number of imidazole rings is 1. The predicted octanol–water partition coefficient (Wildman–Crippen LogP) is 4.87. The Bertz CT molecular complexity index is 1030. The highest BCUT2D eigenvalue weighted by Crippen LogP contribution is 2.26. The van der Waals surface area contributed by atoms with Crippen molar-refractivity contribution in [3.05, 3.63) is 58.8 Å². The normalized spacial score (nSPS) is 17.6. The van der Waals surface area contributed by atoms with E-state index in [0.29, 0.717) is 0 Å². The van der Waals surface area contributed by atoms with Gasteiger partial charge in [0.15, 0.2) is 0 Å². The van der Waals surface area contributed by atoms with Crippen molar-refractivity contribution in [3.63, 3.8) is 0 Å². The van der Waals surface area contributed by atoms with Crippen LogP contribution in [0.4, 0.5) is 0 Å². The van der Waals surface area contributed by atoms with Crippen molar-refractivity contribution in [1.29, 1.82) is 0 Å². The van der Waals surface area contributed by atoms with Crippen LogP contribution in [0.3, 0.4) is 0 Å². The van der Waals surface area contributed by atoms with Gasteiger partial charge in [0.1, 0.15) is 5.82 Å². The molecule has 0 bridgehead atoms. The highest BCUT2D eigenvalue weighted by molar-refractivity contribution is 9.10. The zero-order chi connectivity index (χ0) is 21.3. The molecular formula is C24H29BrN4O. The van der Waals surface area contributed by atoms with E-state index in [0.717, 1.165) is 59.5 Å². The maximum absolute atomic E-state index is 12.9.